The van der Waals surface area contributed by atoms with Gasteiger partial charge in [-0.25, -0.2) is 9.80 Å². The molecule has 9 rings (SSSR count). The second kappa shape index (κ2) is 9.70. The number of nitrogens with zero attached hydrogens (tertiary/aromatic N) is 8. The average molecular weight is 577 g/mol. The fraction of sp³-hybridized carbons (Fsp3) is 0.824. The van der Waals surface area contributed by atoms with E-state index in [0.29, 0.717) is 12.3 Å². The summed E-state index contributed by atoms with van der Waals surface area (Å²) in [6, 6.07) is 10.2. The quantitative estimate of drug-likeness (QED) is 0.507. The monoisotopic (exact) mass is 576 g/mol. The van der Waals surface area contributed by atoms with Crippen LogP contribution in [0.4, 0.5) is 0 Å². The lowest BCUT2D eigenvalue weighted by Gasteiger charge is -2.70. The molecule has 1 aromatic rings. The van der Waals surface area contributed by atoms with E-state index in [1.165, 1.54) is 152 Å². The van der Waals surface area contributed by atoms with Crippen molar-refractivity contribution in [3.63, 3.8) is 0 Å². The molecule has 0 radical (unpaired) electrons. The van der Waals surface area contributed by atoms with Crippen LogP contribution in [0.25, 0.3) is 0 Å². The number of benzene rings is 1. The first-order chi connectivity index (χ1) is 20.5. The summed E-state index contributed by atoms with van der Waals surface area (Å²) in [5.41, 5.74) is 3.56. The van der Waals surface area contributed by atoms with Gasteiger partial charge in [-0.05, 0) is 12.8 Å². The topological polar surface area (TPSA) is 19.4 Å². The van der Waals surface area contributed by atoms with Crippen LogP contribution >= 0.6 is 0 Å². The van der Waals surface area contributed by atoms with E-state index in [4.69, 9.17) is 0 Å². The van der Waals surface area contributed by atoms with Gasteiger partial charge in [0.2, 0.25) is 0 Å². The maximum absolute atomic E-state index is 2.92. The minimum atomic E-state index is 0.213. The van der Waals surface area contributed by atoms with Crippen molar-refractivity contribution in [2.24, 2.45) is 0 Å². The van der Waals surface area contributed by atoms with E-state index in [0.717, 1.165) is 0 Å². The molecule has 6 atom stereocenters. The van der Waals surface area contributed by atoms with Crippen LogP contribution in [0.2, 0.25) is 0 Å². The van der Waals surface area contributed by atoms with Gasteiger partial charge in [0.1, 0.15) is 25.4 Å². The van der Waals surface area contributed by atoms with Crippen LogP contribution < -0.4 is 0 Å². The first-order valence-corrected chi connectivity index (χ1v) is 17.7. The fourth-order valence-corrected chi connectivity index (χ4v) is 12.3. The lowest BCUT2D eigenvalue weighted by molar-refractivity contribution is -1.01. The van der Waals surface area contributed by atoms with Crippen LogP contribution in [0.15, 0.2) is 24.3 Å². The van der Waals surface area contributed by atoms with Gasteiger partial charge < -0.3 is 0 Å². The Bertz CT molecular complexity index is 1090. The van der Waals surface area contributed by atoms with Gasteiger partial charge in [0.25, 0.3) is 0 Å². The van der Waals surface area contributed by atoms with Gasteiger partial charge in [0.15, 0.2) is 11.3 Å². The highest BCUT2D eigenvalue weighted by Gasteiger charge is 2.67. The molecule has 8 aliphatic heterocycles. The summed E-state index contributed by atoms with van der Waals surface area (Å²) in [4.78, 5) is 17.3. The molecule has 0 aromatic heterocycles. The standard InChI is InChI=1S/C34H56N8/c1-33-31-35-11-3-13-37(31)21-25-41(33,23-5-15-39(33)19-17-35)27-29-7-9-30(10-8-29)28-42-24-6-16-40-20-18-36-12-4-14-38(22-26-42)32(36)34(40,42)2/h7-10,31-32H,3-6,11-28H2,1-2H3/q+2/t31-,32-,33+,34+,41?,42?/m0/s1. The zero-order valence-electron chi connectivity index (χ0n) is 26.6. The Morgan fingerprint density at radius 3 is 1.33 bits per heavy atom. The summed E-state index contributed by atoms with van der Waals surface area (Å²) in [6.45, 7) is 28.4. The van der Waals surface area contributed by atoms with E-state index in [2.05, 4.69) is 67.5 Å². The Labute approximate surface area is 254 Å². The van der Waals surface area contributed by atoms with Gasteiger partial charge in [-0.3, -0.25) is 28.6 Å². The Hall–Kier alpha value is -1.10. The molecule has 0 bridgehead atoms. The van der Waals surface area contributed by atoms with E-state index in [1.54, 1.807) is 11.1 Å². The third-order valence-electron chi connectivity index (χ3n) is 14.3. The van der Waals surface area contributed by atoms with Crippen molar-refractivity contribution < 1.29 is 8.97 Å². The normalized spacial score (nSPS) is 44.9. The highest BCUT2D eigenvalue weighted by Crippen LogP contribution is 2.48. The van der Waals surface area contributed by atoms with Crippen molar-refractivity contribution in [1.82, 2.24) is 29.4 Å². The highest BCUT2D eigenvalue weighted by molar-refractivity contribution is 5.22. The largest absolute Gasteiger partial charge is 0.299 e. The van der Waals surface area contributed by atoms with Crippen molar-refractivity contribution in [1.29, 1.82) is 0 Å². The zero-order chi connectivity index (χ0) is 28.2. The second-order valence-corrected chi connectivity index (χ2v) is 15.8. The first-order valence-electron chi connectivity index (χ1n) is 17.7. The summed E-state index contributed by atoms with van der Waals surface area (Å²) in [5, 5.41) is 0. The van der Waals surface area contributed by atoms with Gasteiger partial charge in [-0.2, -0.15) is 0 Å². The average Bonchev–Trinajstić information content (AvgIpc) is 3.00. The van der Waals surface area contributed by atoms with Gasteiger partial charge in [-0.1, -0.05) is 24.3 Å². The maximum Gasteiger partial charge on any atom is 0.182 e. The molecule has 8 nitrogen and oxygen atoms in total. The molecule has 8 heterocycles. The zero-order valence-corrected chi connectivity index (χ0v) is 26.6. The van der Waals surface area contributed by atoms with Gasteiger partial charge in [-0.15, -0.1) is 0 Å². The lowest BCUT2D eigenvalue weighted by Crippen LogP contribution is -2.89. The highest BCUT2D eigenvalue weighted by atomic mass is 15.7. The molecule has 8 aliphatic rings. The smallest absolute Gasteiger partial charge is 0.182 e. The van der Waals surface area contributed by atoms with E-state index >= 15 is 0 Å². The molecular formula is C34H56N8+2. The third-order valence-corrected chi connectivity index (χ3v) is 14.3. The Morgan fingerprint density at radius 2 is 0.905 bits per heavy atom. The summed E-state index contributed by atoms with van der Waals surface area (Å²) in [6.07, 6.45) is 6.60. The van der Waals surface area contributed by atoms with Crippen molar-refractivity contribution in [2.45, 2.75) is 76.3 Å². The Morgan fingerprint density at radius 1 is 0.500 bits per heavy atom. The number of quaternary nitrogens is 2. The molecule has 0 saturated carbocycles. The van der Waals surface area contributed by atoms with Crippen molar-refractivity contribution in [2.75, 3.05) is 105 Å². The number of hydrogen-bond acceptors (Lipinski definition) is 6. The van der Waals surface area contributed by atoms with Crippen LogP contribution in [-0.2, 0) is 13.1 Å². The minimum Gasteiger partial charge on any atom is -0.299 e. The summed E-state index contributed by atoms with van der Waals surface area (Å²) in [7, 11) is 0. The Kier molecular flexibility index (Phi) is 6.29. The minimum absolute atomic E-state index is 0.213. The van der Waals surface area contributed by atoms with Crippen LogP contribution in [0.1, 0.15) is 50.7 Å². The summed E-state index contributed by atoms with van der Waals surface area (Å²) in [5.74, 6) is 0. The van der Waals surface area contributed by atoms with Crippen molar-refractivity contribution >= 4 is 0 Å². The Balaban J connectivity index is 0.995. The lowest BCUT2D eigenvalue weighted by atomic mass is 9.85. The third kappa shape index (κ3) is 3.58. The molecule has 8 fully saturated rings. The molecule has 230 valence electrons. The predicted molar refractivity (Wildman–Crippen MR) is 166 cm³/mol. The van der Waals surface area contributed by atoms with Gasteiger partial charge in [0, 0.05) is 116 Å². The maximum atomic E-state index is 2.92. The van der Waals surface area contributed by atoms with Crippen molar-refractivity contribution in [3.05, 3.63) is 35.4 Å². The van der Waals surface area contributed by atoms with Crippen LogP contribution in [0.5, 0.6) is 0 Å². The van der Waals surface area contributed by atoms with E-state index in [9.17, 15) is 0 Å². The van der Waals surface area contributed by atoms with Crippen LogP contribution in [0.3, 0.4) is 0 Å². The molecule has 8 saturated heterocycles. The second-order valence-electron chi connectivity index (χ2n) is 15.8. The molecule has 8 heteroatoms. The summed E-state index contributed by atoms with van der Waals surface area (Å²) < 4.78 is 2.54. The SMILES string of the molecule is C[C@]12[C@H]3N4CCCN3CC[N+]1(Cc1ccc(C[N+]35CCCN6CCN7CCCN(CC3)[C@H]7[C@]65C)cc1)CCCN2CC4. The molecule has 2 unspecified atom stereocenters. The molecule has 42 heavy (non-hydrogen) atoms. The number of rotatable bonds is 4. The fourth-order valence-electron chi connectivity index (χ4n) is 12.3. The van der Waals surface area contributed by atoms with Crippen LogP contribution in [-0.4, -0.2) is 167 Å². The predicted octanol–water partition coefficient (Wildman–Crippen LogP) is 1.89. The molecule has 0 spiro atoms. The summed E-state index contributed by atoms with van der Waals surface area (Å²) >= 11 is 0. The van der Waals surface area contributed by atoms with Crippen LogP contribution in [0, 0.1) is 0 Å². The molecule has 0 N–H and O–H groups in total. The first kappa shape index (κ1) is 27.2. The molecule has 0 aliphatic carbocycles. The van der Waals surface area contributed by atoms with E-state index in [-0.39, 0.29) is 11.3 Å². The molecular weight excluding hydrogens is 520 g/mol. The van der Waals surface area contributed by atoms with Crippen molar-refractivity contribution in [3.8, 4) is 0 Å². The van der Waals surface area contributed by atoms with E-state index in [1.807, 2.05) is 0 Å². The van der Waals surface area contributed by atoms with Gasteiger partial charge in [0.05, 0.1) is 26.2 Å². The number of hydrogen-bond donors (Lipinski definition) is 0. The molecule has 0 amide bonds. The molecule has 1 aromatic carbocycles. The number of piperazine rings is 4. The van der Waals surface area contributed by atoms with Gasteiger partial charge >= 0.3 is 0 Å². The van der Waals surface area contributed by atoms with E-state index < -0.39 is 0 Å².